The van der Waals surface area contributed by atoms with Gasteiger partial charge in [-0.05, 0) is 49.1 Å². The Kier molecular flexibility index (Phi) is 6.42. The molecule has 6 heteroatoms. The van der Waals surface area contributed by atoms with E-state index in [4.69, 9.17) is 0 Å². The molecule has 1 aliphatic carbocycles. The summed E-state index contributed by atoms with van der Waals surface area (Å²) in [5, 5.41) is 2.76. The molecule has 30 heavy (non-hydrogen) atoms. The van der Waals surface area contributed by atoms with E-state index in [-0.39, 0.29) is 23.0 Å². The molecule has 0 spiro atoms. The lowest BCUT2D eigenvalue weighted by atomic mass is 10.0. The molecule has 1 heterocycles. The molecule has 2 amide bonds. The van der Waals surface area contributed by atoms with Crippen LogP contribution < -0.4 is 10.2 Å². The standard InChI is InChI=1S/C24H27FN2O2S/c1-16-20(25)10-5-11-21(16)27-23(29)15-30-24(27)18-8-4-9-19(14-18)26-22(28)13-12-17-6-2-3-7-17/h4-5,8-11,14,17,24H,2-3,6-7,12-13,15H2,1H3,(H,26,28)/t24-/m1/s1. The third-order valence-electron chi connectivity index (χ3n) is 6.08. The smallest absolute Gasteiger partial charge is 0.238 e. The van der Waals surface area contributed by atoms with Gasteiger partial charge in [-0.2, -0.15) is 0 Å². The molecule has 2 aromatic rings. The van der Waals surface area contributed by atoms with Crippen LogP contribution in [-0.2, 0) is 9.59 Å². The molecule has 1 saturated carbocycles. The lowest BCUT2D eigenvalue weighted by molar-refractivity contribution is -0.117. The number of anilines is 2. The number of benzene rings is 2. The molecule has 2 aliphatic rings. The minimum Gasteiger partial charge on any atom is -0.326 e. The van der Waals surface area contributed by atoms with Crippen LogP contribution >= 0.6 is 11.8 Å². The molecule has 0 radical (unpaired) electrons. The van der Waals surface area contributed by atoms with E-state index in [1.165, 1.54) is 43.5 Å². The van der Waals surface area contributed by atoms with Crippen molar-refractivity contribution in [2.45, 2.75) is 50.8 Å². The van der Waals surface area contributed by atoms with Crippen LogP contribution in [0.3, 0.4) is 0 Å². The second kappa shape index (κ2) is 9.21. The quantitative estimate of drug-likeness (QED) is 0.633. The Morgan fingerprint density at radius 3 is 2.77 bits per heavy atom. The summed E-state index contributed by atoms with van der Waals surface area (Å²) < 4.78 is 14.1. The number of carbonyl (C=O) groups is 2. The van der Waals surface area contributed by atoms with Crippen LogP contribution in [0, 0.1) is 18.7 Å². The van der Waals surface area contributed by atoms with Gasteiger partial charge in [-0.15, -0.1) is 11.8 Å². The minimum absolute atomic E-state index is 0.0343. The van der Waals surface area contributed by atoms with Gasteiger partial charge in [-0.3, -0.25) is 14.5 Å². The molecular weight excluding hydrogens is 399 g/mol. The lowest BCUT2D eigenvalue weighted by Gasteiger charge is -2.26. The zero-order chi connectivity index (χ0) is 21.1. The van der Waals surface area contributed by atoms with Gasteiger partial charge in [0.05, 0.1) is 11.4 Å². The van der Waals surface area contributed by atoms with Crippen LogP contribution in [-0.4, -0.2) is 17.6 Å². The zero-order valence-electron chi connectivity index (χ0n) is 17.2. The summed E-state index contributed by atoms with van der Waals surface area (Å²) in [7, 11) is 0. The normalized spacial score (nSPS) is 19.5. The van der Waals surface area contributed by atoms with Crippen LogP contribution in [0.25, 0.3) is 0 Å². The molecule has 4 rings (SSSR count). The summed E-state index contributed by atoms with van der Waals surface area (Å²) in [6.45, 7) is 1.69. The number of carbonyl (C=O) groups excluding carboxylic acids is 2. The van der Waals surface area contributed by atoms with Crippen molar-refractivity contribution in [1.29, 1.82) is 0 Å². The molecule has 0 unspecified atom stereocenters. The summed E-state index contributed by atoms with van der Waals surface area (Å²) in [6, 6.07) is 12.5. The second-order valence-corrected chi connectivity index (χ2v) is 9.24. The average molecular weight is 427 g/mol. The van der Waals surface area contributed by atoms with Crippen LogP contribution in [0.1, 0.15) is 55.0 Å². The van der Waals surface area contributed by atoms with Crippen LogP contribution in [0.15, 0.2) is 42.5 Å². The minimum atomic E-state index is -0.320. The fourth-order valence-electron chi connectivity index (χ4n) is 4.42. The average Bonchev–Trinajstić information content (AvgIpc) is 3.39. The van der Waals surface area contributed by atoms with Crippen molar-refractivity contribution in [3.63, 3.8) is 0 Å². The Labute approximate surface area is 181 Å². The predicted octanol–water partition coefficient (Wildman–Crippen LogP) is 5.82. The molecule has 1 atom stereocenters. The number of hydrogen-bond donors (Lipinski definition) is 1. The fraction of sp³-hybridized carbons (Fsp3) is 0.417. The molecule has 1 aliphatic heterocycles. The van der Waals surface area contributed by atoms with E-state index >= 15 is 0 Å². The molecule has 2 aromatic carbocycles. The highest BCUT2D eigenvalue weighted by Crippen LogP contribution is 2.43. The lowest BCUT2D eigenvalue weighted by Crippen LogP contribution is -2.28. The summed E-state index contributed by atoms with van der Waals surface area (Å²) in [4.78, 5) is 26.7. The first kappa shape index (κ1) is 20.9. The molecule has 0 bridgehead atoms. The first-order chi connectivity index (χ1) is 14.5. The first-order valence-electron chi connectivity index (χ1n) is 10.6. The number of halogens is 1. The summed E-state index contributed by atoms with van der Waals surface area (Å²) in [5.41, 5.74) is 2.72. The van der Waals surface area contributed by atoms with Crippen LogP contribution in [0.2, 0.25) is 0 Å². The molecule has 0 aromatic heterocycles. The van der Waals surface area contributed by atoms with Gasteiger partial charge in [-0.25, -0.2) is 4.39 Å². The van der Waals surface area contributed by atoms with Crippen molar-refractivity contribution in [3.05, 3.63) is 59.4 Å². The highest BCUT2D eigenvalue weighted by Gasteiger charge is 2.35. The number of hydrogen-bond acceptors (Lipinski definition) is 3. The van der Waals surface area contributed by atoms with E-state index in [9.17, 15) is 14.0 Å². The SMILES string of the molecule is Cc1c(F)cccc1N1C(=O)CS[C@@H]1c1cccc(NC(=O)CCC2CCCC2)c1. The van der Waals surface area contributed by atoms with Gasteiger partial charge in [0.25, 0.3) is 0 Å². The van der Waals surface area contributed by atoms with Gasteiger partial charge >= 0.3 is 0 Å². The van der Waals surface area contributed by atoms with Crippen molar-refractivity contribution in [2.75, 3.05) is 16.0 Å². The molecule has 2 fully saturated rings. The Bertz CT molecular complexity index is 943. The number of thioether (sulfide) groups is 1. The maximum absolute atomic E-state index is 14.1. The van der Waals surface area contributed by atoms with E-state index in [0.29, 0.717) is 29.3 Å². The Balaban J connectivity index is 1.48. The van der Waals surface area contributed by atoms with Crippen molar-refractivity contribution in [2.24, 2.45) is 5.92 Å². The molecule has 4 nitrogen and oxygen atoms in total. The third-order valence-corrected chi connectivity index (χ3v) is 7.29. The van der Waals surface area contributed by atoms with Gasteiger partial charge in [-0.1, -0.05) is 43.9 Å². The van der Waals surface area contributed by atoms with E-state index in [0.717, 1.165) is 17.7 Å². The maximum Gasteiger partial charge on any atom is 0.238 e. The Morgan fingerprint density at radius 1 is 1.20 bits per heavy atom. The molecule has 1 saturated heterocycles. The van der Waals surface area contributed by atoms with E-state index in [1.54, 1.807) is 24.0 Å². The highest BCUT2D eigenvalue weighted by molar-refractivity contribution is 8.00. The monoisotopic (exact) mass is 426 g/mol. The molecular formula is C24H27FN2O2S. The van der Waals surface area contributed by atoms with Crippen molar-refractivity contribution in [1.82, 2.24) is 0 Å². The second-order valence-electron chi connectivity index (χ2n) is 8.17. The number of rotatable bonds is 6. The molecule has 158 valence electrons. The zero-order valence-corrected chi connectivity index (χ0v) is 18.0. The number of nitrogens with one attached hydrogen (secondary N) is 1. The van der Waals surface area contributed by atoms with Gasteiger partial charge in [0, 0.05) is 17.7 Å². The van der Waals surface area contributed by atoms with E-state index in [1.807, 2.05) is 24.3 Å². The van der Waals surface area contributed by atoms with Gasteiger partial charge in [0.1, 0.15) is 11.2 Å². The summed E-state index contributed by atoms with van der Waals surface area (Å²) in [5.74, 6) is 0.709. The van der Waals surface area contributed by atoms with Gasteiger partial charge < -0.3 is 5.32 Å². The number of nitrogens with zero attached hydrogens (tertiary/aromatic N) is 1. The number of amides is 2. The predicted molar refractivity (Wildman–Crippen MR) is 120 cm³/mol. The largest absolute Gasteiger partial charge is 0.326 e. The topological polar surface area (TPSA) is 49.4 Å². The Morgan fingerprint density at radius 2 is 1.97 bits per heavy atom. The summed E-state index contributed by atoms with van der Waals surface area (Å²) in [6.07, 6.45) is 6.54. The van der Waals surface area contributed by atoms with Crippen LogP contribution in [0.4, 0.5) is 15.8 Å². The van der Waals surface area contributed by atoms with Gasteiger partial charge in [0.15, 0.2) is 0 Å². The van der Waals surface area contributed by atoms with E-state index < -0.39 is 0 Å². The van der Waals surface area contributed by atoms with Gasteiger partial charge in [0.2, 0.25) is 11.8 Å². The maximum atomic E-state index is 14.1. The van der Waals surface area contributed by atoms with E-state index in [2.05, 4.69) is 5.32 Å². The molecule has 1 N–H and O–H groups in total. The summed E-state index contributed by atoms with van der Waals surface area (Å²) >= 11 is 1.52. The van der Waals surface area contributed by atoms with Crippen molar-refractivity contribution >= 4 is 35.0 Å². The van der Waals surface area contributed by atoms with Crippen molar-refractivity contribution in [3.8, 4) is 0 Å². The first-order valence-corrected chi connectivity index (χ1v) is 11.7. The third kappa shape index (κ3) is 4.53. The Hall–Kier alpha value is -2.34. The van der Waals surface area contributed by atoms with Crippen LogP contribution in [0.5, 0.6) is 0 Å². The highest BCUT2D eigenvalue weighted by atomic mass is 32.2. The van der Waals surface area contributed by atoms with Crippen molar-refractivity contribution < 1.29 is 14.0 Å². The fourth-order valence-corrected chi connectivity index (χ4v) is 5.57.